The van der Waals surface area contributed by atoms with E-state index < -0.39 is 10.8 Å². The van der Waals surface area contributed by atoms with Crippen LogP contribution in [0.4, 0.5) is 5.69 Å². The fraction of sp³-hybridized carbons (Fsp3) is 0.158. The molecule has 2 aromatic carbocycles. The fourth-order valence-corrected chi connectivity index (χ4v) is 5.53. The van der Waals surface area contributed by atoms with Gasteiger partial charge in [-0.3, -0.25) is 20.3 Å². The van der Waals surface area contributed by atoms with Crippen LogP contribution >= 0.6 is 32.4 Å². The van der Waals surface area contributed by atoms with Crippen molar-refractivity contribution >= 4 is 50.3 Å². The Hall–Kier alpha value is -3.49. The van der Waals surface area contributed by atoms with E-state index in [9.17, 15) is 14.9 Å². The summed E-state index contributed by atoms with van der Waals surface area (Å²) in [6.45, 7) is 0. The van der Waals surface area contributed by atoms with E-state index in [1.54, 1.807) is 12.1 Å². The van der Waals surface area contributed by atoms with Gasteiger partial charge in [0.15, 0.2) is 15.8 Å². The van der Waals surface area contributed by atoms with Crippen LogP contribution in [0.3, 0.4) is 0 Å². The molecule has 1 aromatic heterocycles. The molecule has 0 saturated heterocycles. The zero-order valence-electron chi connectivity index (χ0n) is 17.5. The minimum Gasteiger partial charge on any atom is -0.493 e. The number of hydrazone groups is 1. The Morgan fingerprint density at radius 1 is 1.18 bits per heavy atom. The molecular formula is C19H17N5O6S3. The number of hydrogen-bond donors (Lipinski definition) is 2. The van der Waals surface area contributed by atoms with Crippen molar-refractivity contribution in [2.45, 2.75) is 9.24 Å². The van der Waals surface area contributed by atoms with Gasteiger partial charge in [-0.1, -0.05) is 17.8 Å². The number of benzene rings is 2. The molecule has 11 nitrogen and oxygen atoms in total. The van der Waals surface area contributed by atoms with Crippen LogP contribution in [-0.4, -0.2) is 43.4 Å². The maximum atomic E-state index is 12.5. The van der Waals surface area contributed by atoms with Crippen LogP contribution < -0.4 is 24.4 Å². The molecule has 0 saturated carbocycles. The van der Waals surface area contributed by atoms with E-state index in [0.29, 0.717) is 32.0 Å². The van der Waals surface area contributed by atoms with Crippen LogP contribution in [0.1, 0.15) is 15.9 Å². The lowest BCUT2D eigenvalue weighted by molar-refractivity contribution is -0.387. The third kappa shape index (κ3) is 5.85. The number of amides is 1. The van der Waals surface area contributed by atoms with E-state index in [1.807, 2.05) is 0 Å². The molecule has 3 rings (SSSR count). The molecule has 0 spiro atoms. The number of hydrogen-bond acceptors (Lipinski definition) is 12. The van der Waals surface area contributed by atoms with Gasteiger partial charge < -0.3 is 14.2 Å². The van der Waals surface area contributed by atoms with Crippen LogP contribution in [0.25, 0.3) is 0 Å². The maximum Gasteiger partial charge on any atom is 0.283 e. The van der Waals surface area contributed by atoms with Crippen molar-refractivity contribution in [3.8, 4) is 17.2 Å². The number of ether oxygens (including phenoxy) is 3. The van der Waals surface area contributed by atoms with Crippen molar-refractivity contribution in [3.63, 3.8) is 0 Å². The predicted octanol–water partition coefficient (Wildman–Crippen LogP) is 3.53. The number of rotatable bonds is 9. The summed E-state index contributed by atoms with van der Waals surface area (Å²) < 4.78 is 16.2. The summed E-state index contributed by atoms with van der Waals surface area (Å²) in [6.07, 6.45) is 1.30. The van der Waals surface area contributed by atoms with Gasteiger partial charge in [0.05, 0.1) is 37.4 Å². The van der Waals surface area contributed by atoms with Crippen molar-refractivity contribution in [1.29, 1.82) is 5.41 Å². The van der Waals surface area contributed by atoms with Crippen LogP contribution in [0.2, 0.25) is 0 Å². The summed E-state index contributed by atoms with van der Waals surface area (Å²) >= 11 is 1.12. The van der Waals surface area contributed by atoms with Crippen molar-refractivity contribution < 1.29 is 23.9 Å². The minimum absolute atomic E-state index is 0.133. The highest BCUT2D eigenvalue weighted by atomic mass is 32.9. The molecular weight excluding hydrogens is 490 g/mol. The van der Waals surface area contributed by atoms with Gasteiger partial charge in [0.1, 0.15) is 0 Å². The lowest BCUT2D eigenvalue weighted by Crippen LogP contribution is -2.18. The number of aromatic nitrogens is 1. The van der Waals surface area contributed by atoms with E-state index in [-0.39, 0.29) is 16.1 Å². The monoisotopic (exact) mass is 507 g/mol. The molecule has 3 aromatic rings. The lowest BCUT2D eigenvalue weighted by atomic mass is 10.1. The molecule has 33 heavy (non-hydrogen) atoms. The summed E-state index contributed by atoms with van der Waals surface area (Å²) in [5.41, 5.74) is 2.87. The molecule has 0 bridgehead atoms. The van der Waals surface area contributed by atoms with Gasteiger partial charge in [-0.05, 0) is 38.9 Å². The molecule has 0 fully saturated rings. The first-order valence-electron chi connectivity index (χ1n) is 8.97. The third-order valence-electron chi connectivity index (χ3n) is 4.07. The Morgan fingerprint density at radius 3 is 2.42 bits per heavy atom. The highest BCUT2D eigenvalue weighted by Gasteiger charge is 2.18. The summed E-state index contributed by atoms with van der Waals surface area (Å²) in [5.74, 6) is 0.438. The maximum absolute atomic E-state index is 12.5. The molecule has 0 radical (unpaired) electrons. The van der Waals surface area contributed by atoms with Crippen molar-refractivity contribution in [2.75, 3.05) is 21.3 Å². The number of nitro groups is 1. The number of nitrogens with zero attached hydrogens (tertiary/aromatic N) is 3. The van der Waals surface area contributed by atoms with Crippen LogP contribution in [-0.2, 0) is 0 Å². The second kappa shape index (κ2) is 10.9. The number of carbonyl (C=O) groups excluding carboxylic acids is 1. The average molecular weight is 508 g/mol. The summed E-state index contributed by atoms with van der Waals surface area (Å²) in [7, 11) is 6.79. The van der Waals surface area contributed by atoms with Gasteiger partial charge in [0.2, 0.25) is 10.6 Å². The summed E-state index contributed by atoms with van der Waals surface area (Å²) in [4.78, 5) is 28.0. The Labute approximate surface area is 199 Å². The molecule has 0 aliphatic rings. The SMILES string of the molecule is COc1cc(C(=O)N/N=C\c2ccc(Sc3nc(=N)ss3)c([N+](=O)[O-])c2)cc(OC)c1OC. The predicted molar refractivity (Wildman–Crippen MR) is 124 cm³/mol. The van der Waals surface area contributed by atoms with Crippen LogP contribution in [0.15, 0.2) is 44.7 Å². The second-order valence-electron chi connectivity index (χ2n) is 6.05. The zero-order chi connectivity index (χ0) is 24.0. The van der Waals surface area contributed by atoms with Gasteiger partial charge in [-0.25, -0.2) is 10.4 Å². The van der Waals surface area contributed by atoms with E-state index in [4.69, 9.17) is 19.6 Å². The van der Waals surface area contributed by atoms with Gasteiger partial charge in [-0.2, -0.15) is 5.10 Å². The minimum atomic E-state index is -0.539. The molecule has 0 atom stereocenters. The highest BCUT2D eigenvalue weighted by Crippen LogP contribution is 2.38. The normalized spacial score (nSPS) is 10.8. The van der Waals surface area contributed by atoms with Crippen molar-refractivity contribution in [3.05, 3.63) is 56.4 Å². The first kappa shape index (κ1) is 24.2. The van der Waals surface area contributed by atoms with E-state index in [0.717, 1.165) is 11.8 Å². The average Bonchev–Trinajstić information content (AvgIpc) is 3.22. The molecule has 0 aliphatic heterocycles. The van der Waals surface area contributed by atoms with Gasteiger partial charge >= 0.3 is 0 Å². The first-order valence-corrected chi connectivity index (χ1v) is 11.9. The van der Waals surface area contributed by atoms with Gasteiger partial charge in [0.25, 0.3) is 11.6 Å². The number of nitro benzene ring substituents is 1. The molecule has 0 unspecified atom stereocenters. The van der Waals surface area contributed by atoms with Crippen LogP contribution in [0, 0.1) is 15.5 Å². The van der Waals surface area contributed by atoms with Crippen LogP contribution in [0.5, 0.6) is 17.2 Å². The van der Waals surface area contributed by atoms with E-state index in [2.05, 4.69) is 15.5 Å². The number of carbonyl (C=O) groups is 1. The van der Waals surface area contributed by atoms with Crippen molar-refractivity contribution in [2.24, 2.45) is 5.10 Å². The van der Waals surface area contributed by atoms with E-state index in [1.165, 1.54) is 66.4 Å². The summed E-state index contributed by atoms with van der Waals surface area (Å²) in [5, 5.41) is 22.9. The highest BCUT2D eigenvalue weighted by molar-refractivity contribution is 8.02. The molecule has 14 heteroatoms. The van der Waals surface area contributed by atoms with Gasteiger partial charge in [-0.15, -0.1) is 0 Å². The Kier molecular flexibility index (Phi) is 7.97. The molecule has 0 aliphatic carbocycles. The number of nitrogens with one attached hydrogen (secondary N) is 2. The quantitative estimate of drug-likeness (QED) is 0.193. The molecule has 172 valence electrons. The first-order chi connectivity index (χ1) is 15.9. The largest absolute Gasteiger partial charge is 0.493 e. The zero-order valence-corrected chi connectivity index (χ0v) is 19.9. The molecule has 1 heterocycles. The lowest BCUT2D eigenvalue weighted by Gasteiger charge is -2.13. The summed E-state index contributed by atoms with van der Waals surface area (Å²) in [6, 6.07) is 7.50. The molecule has 1 amide bonds. The Morgan fingerprint density at radius 2 is 1.88 bits per heavy atom. The van der Waals surface area contributed by atoms with Crippen molar-refractivity contribution in [1.82, 2.24) is 10.4 Å². The number of methoxy groups -OCH3 is 3. The second-order valence-corrected chi connectivity index (χ2v) is 9.44. The Bertz CT molecular complexity index is 1250. The standard InChI is InChI=1S/C19H17N5O6S3/c1-28-13-7-11(8-14(29-2)16(13)30-3)17(25)23-21-9-10-4-5-15(12(6-10)24(26)27)31-19-22-18(20)32-33-19/h4-9,20H,1-3H3,(H,23,25)/b20-18?,21-9-. The Balaban J connectivity index is 1.77. The smallest absolute Gasteiger partial charge is 0.283 e. The third-order valence-corrected chi connectivity index (χ3v) is 7.48. The van der Waals surface area contributed by atoms with E-state index >= 15 is 0 Å². The fourth-order valence-electron chi connectivity index (χ4n) is 2.62. The molecule has 2 N–H and O–H groups in total. The topological polar surface area (TPSA) is 149 Å². The van der Waals surface area contributed by atoms with Gasteiger partial charge in [0, 0.05) is 17.2 Å².